The van der Waals surface area contributed by atoms with Crippen molar-refractivity contribution in [2.24, 2.45) is 10.9 Å². The molecule has 0 saturated carbocycles. The monoisotopic (exact) mass is 267 g/mol. The highest BCUT2D eigenvalue weighted by molar-refractivity contribution is 5.96. The standard InChI is InChI=1S/C15H13N3O2/c19-18(20)12-5-6-14-16-8-11-7-10-3-1-2-4-13(10)15(11)17(14)9-12/h1-6,9,11,15H,7-8H2/t11-,15+/m0/s1. The van der Waals surface area contributed by atoms with E-state index in [2.05, 4.69) is 17.1 Å². The molecule has 0 saturated heterocycles. The van der Waals surface area contributed by atoms with E-state index in [0.29, 0.717) is 5.92 Å². The number of fused-ring (bicyclic) bond motifs is 5. The minimum atomic E-state index is -0.349. The van der Waals surface area contributed by atoms with E-state index in [-0.39, 0.29) is 16.7 Å². The summed E-state index contributed by atoms with van der Waals surface area (Å²) >= 11 is 0. The summed E-state index contributed by atoms with van der Waals surface area (Å²) in [6, 6.07) is 8.53. The van der Waals surface area contributed by atoms with E-state index < -0.39 is 0 Å². The van der Waals surface area contributed by atoms with Crippen LogP contribution in [0.15, 0.2) is 53.3 Å². The van der Waals surface area contributed by atoms with Gasteiger partial charge >= 0.3 is 0 Å². The number of nitro groups is 1. The van der Waals surface area contributed by atoms with Gasteiger partial charge in [-0.05, 0) is 23.6 Å². The summed E-state index contributed by atoms with van der Waals surface area (Å²) in [5.41, 5.74) is 2.73. The molecule has 2 aliphatic heterocycles. The SMILES string of the molecule is O=[N+]([O-])C1=CN2C(=NC[C@@H]3Cc4ccccc4[C@@H]32)C=C1. The maximum atomic E-state index is 11.0. The van der Waals surface area contributed by atoms with Gasteiger partial charge in [-0.3, -0.25) is 15.1 Å². The lowest BCUT2D eigenvalue weighted by atomic mass is 9.96. The van der Waals surface area contributed by atoms with Crippen LogP contribution in [0.25, 0.3) is 0 Å². The summed E-state index contributed by atoms with van der Waals surface area (Å²) in [6.45, 7) is 0.789. The second kappa shape index (κ2) is 4.03. The highest BCUT2D eigenvalue weighted by atomic mass is 16.6. The quantitative estimate of drug-likeness (QED) is 0.579. The van der Waals surface area contributed by atoms with Crippen molar-refractivity contribution in [1.82, 2.24) is 4.90 Å². The highest BCUT2D eigenvalue weighted by Crippen LogP contribution is 2.43. The zero-order valence-corrected chi connectivity index (χ0v) is 10.8. The second-order valence-corrected chi connectivity index (χ2v) is 5.36. The van der Waals surface area contributed by atoms with Crippen LogP contribution in [-0.4, -0.2) is 22.2 Å². The molecule has 5 nitrogen and oxygen atoms in total. The lowest BCUT2D eigenvalue weighted by Gasteiger charge is -2.36. The molecule has 0 spiro atoms. The third kappa shape index (κ3) is 1.52. The number of hydrogen-bond donors (Lipinski definition) is 0. The van der Waals surface area contributed by atoms with Crippen molar-refractivity contribution in [3.8, 4) is 0 Å². The van der Waals surface area contributed by atoms with Gasteiger partial charge in [-0.15, -0.1) is 0 Å². The molecular weight excluding hydrogens is 254 g/mol. The average Bonchev–Trinajstić information content (AvgIpc) is 2.85. The first-order valence-electron chi connectivity index (χ1n) is 6.69. The summed E-state index contributed by atoms with van der Waals surface area (Å²) < 4.78 is 0. The van der Waals surface area contributed by atoms with E-state index in [1.165, 1.54) is 17.2 Å². The first-order valence-corrected chi connectivity index (χ1v) is 6.69. The molecule has 20 heavy (non-hydrogen) atoms. The van der Waals surface area contributed by atoms with E-state index in [1.54, 1.807) is 12.3 Å². The Morgan fingerprint density at radius 1 is 1.30 bits per heavy atom. The summed E-state index contributed by atoms with van der Waals surface area (Å²) in [7, 11) is 0. The fourth-order valence-corrected chi connectivity index (χ4v) is 3.37. The van der Waals surface area contributed by atoms with Crippen LogP contribution in [0.2, 0.25) is 0 Å². The maximum absolute atomic E-state index is 11.0. The summed E-state index contributed by atoms with van der Waals surface area (Å²) in [4.78, 5) is 17.2. The second-order valence-electron chi connectivity index (χ2n) is 5.36. The van der Waals surface area contributed by atoms with E-state index in [9.17, 15) is 10.1 Å². The van der Waals surface area contributed by atoms with Gasteiger partial charge in [0.2, 0.25) is 0 Å². The molecule has 0 bridgehead atoms. The normalized spacial score (nSPS) is 26.3. The first-order chi connectivity index (χ1) is 9.74. The van der Waals surface area contributed by atoms with Crippen LogP contribution in [0.1, 0.15) is 17.2 Å². The Labute approximate surface area is 116 Å². The number of benzene rings is 1. The first kappa shape index (κ1) is 11.4. The molecule has 0 fully saturated rings. The Balaban J connectivity index is 1.81. The molecule has 100 valence electrons. The number of rotatable bonds is 1. The number of hydrogen-bond acceptors (Lipinski definition) is 4. The van der Waals surface area contributed by atoms with Crippen molar-refractivity contribution in [3.05, 3.63) is 69.6 Å². The van der Waals surface area contributed by atoms with E-state index in [4.69, 9.17) is 0 Å². The predicted octanol–water partition coefficient (Wildman–Crippen LogP) is 2.30. The fraction of sp³-hybridized carbons (Fsp3) is 0.267. The molecule has 2 heterocycles. The van der Waals surface area contributed by atoms with Gasteiger partial charge in [0.05, 0.1) is 17.2 Å². The van der Waals surface area contributed by atoms with Gasteiger partial charge in [-0.25, -0.2) is 0 Å². The van der Waals surface area contributed by atoms with Gasteiger partial charge in [0, 0.05) is 18.5 Å². The molecule has 0 aromatic heterocycles. The van der Waals surface area contributed by atoms with Crippen molar-refractivity contribution >= 4 is 5.84 Å². The maximum Gasteiger partial charge on any atom is 0.285 e. The largest absolute Gasteiger partial charge is 0.319 e. The van der Waals surface area contributed by atoms with Gasteiger partial charge in [0.1, 0.15) is 5.84 Å². The third-order valence-corrected chi connectivity index (χ3v) is 4.24. The topological polar surface area (TPSA) is 58.7 Å². The molecule has 0 amide bonds. The predicted molar refractivity (Wildman–Crippen MR) is 74.7 cm³/mol. The molecule has 1 aromatic carbocycles. The lowest BCUT2D eigenvalue weighted by molar-refractivity contribution is -0.420. The Bertz CT molecular complexity index is 690. The summed E-state index contributed by atoms with van der Waals surface area (Å²) in [6.07, 6.45) is 5.89. The fourth-order valence-electron chi connectivity index (χ4n) is 3.37. The summed E-state index contributed by atoms with van der Waals surface area (Å²) in [5, 5.41) is 11.0. The van der Waals surface area contributed by atoms with Crippen LogP contribution in [0.5, 0.6) is 0 Å². The molecule has 4 rings (SSSR count). The van der Waals surface area contributed by atoms with Gasteiger partial charge in [0.25, 0.3) is 5.70 Å². The average molecular weight is 267 g/mol. The Kier molecular flexibility index (Phi) is 2.30. The number of amidine groups is 1. The van der Waals surface area contributed by atoms with Gasteiger partial charge in [-0.2, -0.15) is 0 Å². The molecule has 1 aromatic rings. The van der Waals surface area contributed by atoms with E-state index in [1.807, 2.05) is 17.0 Å². The van der Waals surface area contributed by atoms with Crippen LogP contribution in [-0.2, 0) is 6.42 Å². The number of aliphatic imine (C=N–C) groups is 1. The molecule has 2 atom stereocenters. The number of allylic oxidation sites excluding steroid dienone is 1. The number of nitrogens with zero attached hydrogens (tertiary/aromatic N) is 3. The molecular formula is C15H13N3O2. The smallest absolute Gasteiger partial charge is 0.285 e. The molecule has 1 aliphatic carbocycles. The molecule has 0 unspecified atom stereocenters. The van der Waals surface area contributed by atoms with Gasteiger partial charge in [0.15, 0.2) is 0 Å². The van der Waals surface area contributed by atoms with Crippen LogP contribution in [0.3, 0.4) is 0 Å². The molecule has 0 N–H and O–H groups in total. The zero-order chi connectivity index (χ0) is 13.7. The van der Waals surface area contributed by atoms with E-state index in [0.717, 1.165) is 18.8 Å². The van der Waals surface area contributed by atoms with Crippen molar-refractivity contribution in [3.63, 3.8) is 0 Å². The summed E-state index contributed by atoms with van der Waals surface area (Å²) in [5.74, 6) is 1.24. The Morgan fingerprint density at radius 3 is 3.00 bits per heavy atom. The zero-order valence-electron chi connectivity index (χ0n) is 10.8. The van der Waals surface area contributed by atoms with Crippen LogP contribution in [0, 0.1) is 16.0 Å². The van der Waals surface area contributed by atoms with Crippen molar-refractivity contribution in [1.29, 1.82) is 0 Å². The van der Waals surface area contributed by atoms with Gasteiger partial charge < -0.3 is 4.90 Å². The van der Waals surface area contributed by atoms with Crippen molar-refractivity contribution in [2.45, 2.75) is 12.5 Å². The van der Waals surface area contributed by atoms with Crippen LogP contribution < -0.4 is 0 Å². The minimum absolute atomic E-state index is 0.119. The Morgan fingerprint density at radius 2 is 2.15 bits per heavy atom. The molecule has 5 heteroatoms. The highest BCUT2D eigenvalue weighted by Gasteiger charge is 2.40. The van der Waals surface area contributed by atoms with Crippen LogP contribution in [0.4, 0.5) is 0 Å². The van der Waals surface area contributed by atoms with Gasteiger partial charge in [-0.1, -0.05) is 24.3 Å². The van der Waals surface area contributed by atoms with E-state index >= 15 is 0 Å². The third-order valence-electron chi connectivity index (χ3n) is 4.24. The Hall–Kier alpha value is -2.43. The van der Waals surface area contributed by atoms with Crippen molar-refractivity contribution < 1.29 is 4.92 Å². The molecule has 0 radical (unpaired) electrons. The minimum Gasteiger partial charge on any atom is -0.319 e. The molecule has 3 aliphatic rings. The lowest BCUT2D eigenvalue weighted by Crippen LogP contribution is -2.39. The van der Waals surface area contributed by atoms with Crippen LogP contribution >= 0.6 is 0 Å². The van der Waals surface area contributed by atoms with Crippen molar-refractivity contribution in [2.75, 3.05) is 6.54 Å².